The van der Waals surface area contributed by atoms with Crippen molar-refractivity contribution in [2.24, 2.45) is 5.92 Å². The van der Waals surface area contributed by atoms with E-state index >= 15 is 0 Å². The summed E-state index contributed by atoms with van der Waals surface area (Å²) in [6.45, 7) is 4.56. The topological polar surface area (TPSA) is 37.8 Å². The Morgan fingerprint density at radius 2 is 2.11 bits per heavy atom. The van der Waals surface area contributed by atoms with Gasteiger partial charge in [0.05, 0.1) is 9.26 Å². The average molecular weight is 373 g/mol. The molecule has 1 aliphatic rings. The van der Waals surface area contributed by atoms with Crippen molar-refractivity contribution < 1.29 is 0 Å². The van der Waals surface area contributed by atoms with Crippen molar-refractivity contribution >= 4 is 28.4 Å². The van der Waals surface area contributed by atoms with Crippen molar-refractivity contribution in [3.05, 3.63) is 15.1 Å². The van der Waals surface area contributed by atoms with Crippen LogP contribution in [0.4, 0.5) is 5.82 Å². The number of hydrogen-bond donors (Lipinski definition) is 1. The van der Waals surface area contributed by atoms with Crippen LogP contribution in [0.15, 0.2) is 0 Å². The Bertz CT molecular complexity index is 434. The lowest BCUT2D eigenvalue weighted by atomic mass is 9.82. The highest BCUT2D eigenvalue weighted by atomic mass is 127. The van der Waals surface area contributed by atoms with E-state index < -0.39 is 0 Å². The van der Waals surface area contributed by atoms with E-state index in [4.69, 9.17) is 9.97 Å². The Kier molecular flexibility index (Phi) is 5.42. The van der Waals surface area contributed by atoms with Crippen LogP contribution in [0, 0.1) is 9.49 Å². The smallest absolute Gasteiger partial charge is 0.143 e. The summed E-state index contributed by atoms with van der Waals surface area (Å²) in [5, 5.41) is 3.23. The van der Waals surface area contributed by atoms with E-state index in [1.54, 1.807) is 0 Å². The maximum Gasteiger partial charge on any atom is 0.143 e. The summed E-state index contributed by atoms with van der Waals surface area (Å²) in [4.78, 5) is 9.63. The summed E-state index contributed by atoms with van der Waals surface area (Å²) in [6.07, 6.45) is 7.36. The number of aryl methyl sites for hydroxylation is 1. The minimum absolute atomic E-state index is 0.559. The molecule has 1 saturated carbocycles. The fourth-order valence-electron chi connectivity index (χ4n) is 2.93. The van der Waals surface area contributed by atoms with Gasteiger partial charge in [0.25, 0.3) is 0 Å². The second-order valence-electron chi connectivity index (χ2n) is 5.66. The molecule has 2 unspecified atom stereocenters. The molecular weight excluding hydrogens is 349 g/mol. The van der Waals surface area contributed by atoms with Crippen LogP contribution in [-0.2, 0) is 6.42 Å². The molecule has 1 aromatic heterocycles. The lowest BCUT2D eigenvalue weighted by Gasteiger charge is -2.26. The Hall–Kier alpha value is -0.390. The summed E-state index contributed by atoms with van der Waals surface area (Å²) >= 11 is 2.37. The van der Waals surface area contributed by atoms with E-state index in [-0.39, 0.29) is 0 Å². The van der Waals surface area contributed by atoms with E-state index in [0.717, 1.165) is 30.4 Å². The zero-order valence-electron chi connectivity index (χ0n) is 12.2. The van der Waals surface area contributed by atoms with Gasteiger partial charge in [-0.15, -0.1) is 0 Å². The maximum atomic E-state index is 4.87. The van der Waals surface area contributed by atoms with Crippen molar-refractivity contribution in [1.82, 2.24) is 9.97 Å². The first-order valence-electron chi connectivity index (χ1n) is 7.39. The molecule has 0 spiro atoms. The predicted molar refractivity (Wildman–Crippen MR) is 88.7 cm³/mol. The Balaban J connectivity index is 2.31. The van der Waals surface area contributed by atoms with Gasteiger partial charge in [-0.25, -0.2) is 9.97 Å². The zero-order chi connectivity index (χ0) is 13.8. The van der Waals surface area contributed by atoms with Crippen LogP contribution < -0.4 is 5.32 Å². The first-order chi connectivity index (χ1) is 9.15. The molecule has 2 atom stereocenters. The average Bonchev–Trinajstić information content (AvgIpc) is 2.41. The van der Waals surface area contributed by atoms with Crippen LogP contribution in [-0.4, -0.2) is 17.0 Å². The molecule has 1 N–H and O–H groups in total. The summed E-state index contributed by atoms with van der Waals surface area (Å²) in [5.41, 5.74) is 1.22. The highest BCUT2D eigenvalue weighted by molar-refractivity contribution is 14.1. The number of aromatic nitrogens is 2. The summed E-state index contributed by atoms with van der Waals surface area (Å²) in [6, 6.07) is 0. The molecule has 0 radical (unpaired) electrons. The van der Waals surface area contributed by atoms with Gasteiger partial charge in [-0.1, -0.05) is 33.1 Å². The van der Waals surface area contributed by atoms with Gasteiger partial charge in [-0.3, -0.25) is 0 Å². The largest absolute Gasteiger partial charge is 0.372 e. The molecule has 1 fully saturated rings. The highest BCUT2D eigenvalue weighted by Gasteiger charge is 2.24. The van der Waals surface area contributed by atoms with Gasteiger partial charge in [0.15, 0.2) is 0 Å². The number of hydrogen-bond acceptors (Lipinski definition) is 3. The molecule has 0 amide bonds. The van der Waals surface area contributed by atoms with E-state index in [1.807, 2.05) is 7.05 Å². The van der Waals surface area contributed by atoms with Crippen molar-refractivity contribution in [2.75, 3.05) is 12.4 Å². The standard InChI is InChI=1S/C15H24IN3/c1-4-6-12-13(16)15(17-3)19-14(18-12)11-8-5-7-10(2)9-11/h10-11H,4-9H2,1-3H3,(H,17,18,19). The van der Waals surface area contributed by atoms with Crippen LogP contribution in [0.2, 0.25) is 0 Å². The molecule has 3 nitrogen and oxygen atoms in total. The summed E-state index contributed by atoms with van der Waals surface area (Å²) in [5.74, 6) is 3.45. The van der Waals surface area contributed by atoms with Crippen LogP contribution in [0.25, 0.3) is 0 Å². The van der Waals surface area contributed by atoms with E-state index in [9.17, 15) is 0 Å². The third-order valence-electron chi connectivity index (χ3n) is 3.96. The molecule has 19 heavy (non-hydrogen) atoms. The van der Waals surface area contributed by atoms with E-state index in [2.05, 4.69) is 41.8 Å². The molecule has 0 aliphatic heterocycles. The molecule has 0 bridgehead atoms. The summed E-state index contributed by atoms with van der Waals surface area (Å²) < 4.78 is 1.19. The van der Waals surface area contributed by atoms with E-state index in [0.29, 0.717) is 5.92 Å². The van der Waals surface area contributed by atoms with Gasteiger partial charge in [0.2, 0.25) is 0 Å². The second kappa shape index (κ2) is 6.86. The van der Waals surface area contributed by atoms with Gasteiger partial charge >= 0.3 is 0 Å². The predicted octanol–water partition coefficient (Wildman–Crippen LogP) is 4.37. The Morgan fingerprint density at radius 3 is 2.74 bits per heavy atom. The van der Waals surface area contributed by atoms with Gasteiger partial charge < -0.3 is 5.32 Å². The molecule has 2 rings (SSSR count). The van der Waals surface area contributed by atoms with Gasteiger partial charge in [-0.2, -0.15) is 0 Å². The van der Waals surface area contributed by atoms with Gasteiger partial charge in [-0.05, 0) is 47.8 Å². The highest BCUT2D eigenvalue weighted by Crippen LogP contribution is 2.35. The first kappa shape index (κ1) is 15.0. The molecule has 1 aromatic rings. The molecule has 0 saturated heterocycles. The third-order valence-corrected chi connectivity index (χ3v) is 5.10. The summed E-state index contributed by atoms with van der Waals surface area (Å²) in [7, 11) is 1.95. The van der Waals surface area contributed by atoms with Crippen molar-refractivity contribution in [2.45, 2.75) is 58.3 Å². The molecule has 4 heteroatoms. The minimum atomic E-state index is 0.559. The molecule has 106 valence electrons. The third kappa shape index (κ3) is 3.58. The number of anilines is 1. The van der Waals surface area contributed by atoms with Crippen LogP contribution in [0.3, 0.4) is 0 Å². The zero-order valence-corrected chi connectivity index (χ0v) is 14.3. The van der Waals surface area contributed by atoms with Gasteiger partial charge in [0, 0.05) is 13.0 Å². The fourth-order valence-corrected chi connectivity index (χ4v) is 3.71. The Morgan fingerprint density at radius 1 is 1.32 bits per heavy atom. The number of nitrogens with zero attached hydrogens (tertiary/aromatic N) is 2. The second-order valence-corrected chi connectivity index (χ2v) is 6.74. The quantitative estimate of drug-likeness (QED) is 0.797. The van der Waals surface area contributed by atoms with E-state index in [1.165, 1.54) is 34.9 Å². The van der Waals surface area contributed by atoms with Crippen molar-refractivity contribution in [3.63, 3.8) is 0 Å². The number of nitrogens with one attached hydrogen (secondary N) is 1. The maximum absolute atomic E-state index is 4.87. The number of rotatable bonds is 4. The molecular formula is C15H24IN3. The van der Waals surface area contributed by atoms with Crippen LogP contribution in [0.5, 0.6) is 0 Å². The molecule has 1 heterocycles. The molecule has 1 aliphatic carbocycles. The van der Waals surface area contributed by atoms with Crippen LogP contribution in [0.1, 0.15) is 63.4 Å². The first-order valence-corrected chi connectivity index (χ1v) is 8.47. The SMILES string of the molecule is CCCc1nc(C2CCCC(C)C2)nc(NC)c1I. The Labute approximate surface area is 130 Å². The van der Waals surface area contributed by atoms with Crippen LogP contribution >= 0.6 is 22.6 Å². The number of halogens is 1. The lowest BCUT2D eigenvalue weighted by Crippen LogP contribution is -2.17. The lowest BCUT2D eigenvalue weighted by molar-refractivity contribution is 0.335. The van der Waals surface area contributed by atoms with Gasteiger partial charge in [0.1, 0.15) is 11.6 Å². The van der Waals surface area contributed by atoms with Crippen molar-refractivity contribution in [3.8, 4) is 0 Å². The normalized spacial score (nSPS) is 23.4. The monoisotopic (exact) mass is 373 g/mol. The minimum Gasteiger partial charge on any atom is -0.372 e. The fraction of sp³-hybridized carbons (Fsp3) is 0.733. The van der Waals surface area contributed by atoms with Crippen molar-refractivity contribution in [1.29, 1.82) is 0 Å². The molecule has 0 aromatic carbocycles.